The highest BCUT2D eigenvalue weighted by atomic mass is 16.5. The van der Waals surface area contributed by atoms with Gasteiger partial charge in [0, 0.05) is 12.8 Å². The topological polar surface area (TPSA) is 67.0 Å². The Morgan fingerprint density at radius 3 is 2.54 bits per heavy atom. The zero-order valence-corrected chi connectivity index (χ0v) is 15.5. The minimum Gasteiger partial charge on any atom is -0.497 e. The number of carbonyl (C=O) groups excluding carboxylic acids is 1. The largest absolute Gasteiger partial charge is 0.497 e. The van der Waals surface area contributed by atoms with Gasteiger partial charge in [-0.1, -0.05) is 38.1 Å². The van der Waals surface area contributed by atoms with Crippen molar-refractivity contribution in [3.8, 4) is 5.75 Å². The molecule has 26 heavy (non-hydrogen) atoms. The average molecular weight is 351 g/mol. The van der Waals surface area contributed by atoms with Crippen molar-refractivity contribution in [1.29, 1.82) is 0 Å². The number of nitrogens with one attached hydrogen (secondary N) is 2. The summed E-state index contributed by atoms with van der Waals surface area (Å²) in [5, 5.41) is 3.15. The summed E-state index contributed by atoms with van der Waals surface area (Å²) in [6.07, 6.45) is 0.993. The fourth-order valence-corrected chi connectivity index (χ4v) is 3.05. The minimum absolute atomic E-state index is 0.0240. The smallest absolute Gasteiger partial charge is 0.220 e. The number of benzene rings is 2. The summed E-state index contributed by atoms with van der Waals surface area (Å²) in [5.74, 6) is 1.97. The van der Waals surface area contributed by atoms with Crippen LogP contribution in [0.15, 0.2) is 48.5 Å². The zero-order valence-electron chi connectivity index (χ0n) is 15.5. The second-order valence-electron chi connectivity index (χ2n) is 6.76. The molecule has 2 aromatic carbocycles. The molecule has 1 atom stereocenters. The third kappa shape index (κ3) is 4.23. The van der Waals surface area contributed by atoms with Gasteiger partial charge in [-0.2, -0.15) is 0 Å². The van der Waals surface area contributed by atoms with E-state index in [9.17, 15) is 4.79 Å². The molecule has 3 aromatic rings. The number of imidazole rings is 1. The lowest BCUT2D eigenvalue weighted by molar-refractivity contribution is -0.122. The van der Waals surface area contributed by atoms with Crippen LogP contribution in [0, 0.1) is 5.92 Å². The molecule has 0 aliphatic carbocycles. The lowest BCUT2D eigenvalue weighted by Gasteiger charge is -2.23. The number of rotatable bonds is 7. The number of aryl methyl sites for hydroxylation is 1. The molecule has 1 amide bonds. The van der Waals surface area contributed by atoms with Gasteiger partial charge in [0.1, 0.15) is 11.6 Å². The number of H-pyrrole nitrogens is 1. The number of hydrogen-bond donors (Lipinski definition) is 2. The fourth-order valence-electron chi connectivity index (χ4n) is 3.05. The van der Waals surface area contributed by atoms with Gasteiger partial charge in [-0.25, -0.2) is 4.98 Å². The first-order valence-corrected chi connectivity index (χ1v) is 8.93. The van der Waals surface area contributed by atoms with Crippen LogP contribution in [0.25, 0.3) is 11.0 Å². The first kappa shape index (κ1) is 18.0. The number of ether oxygens (including phenoxy) is 1. The number of hydrogen-bond acceptors (Lipinski definition) is 3. The molecular formula is C21H25N3O2. The van der Waals surface area contributed by atoms with E-state index in [2.05, 4.69) is 29.1 Å². The van der Waals surface area contributed by atoms with Gasteiger partial charge in [0.25, 0.3) is 0 Å². The number of aromatic amines is 1. The Labute approximate surface area is 153 Å². The quantitative estimate of drug-likeness (QED) is 0.676. The molecular weight excluding hydrogens is 326 g/mol. The molecule has 2 N–H and O–H groups in total. The summed E-state index contributed by atoms with van der Waals surface area (Å²) < 4.78 is 5.21. The normalized spacial score (nSPS) is 12.3. The molecule has 0 aliphatic heterocycles. The zero-order chi connectivity index (χ0) is 18.5. The van der Waals surface area contributed by atoms with Crippen molar-refractivity contribution in [2.24, 2.45) is 5.92 Å². The molecule has 1 aromatic heterocycles. The van der Waals surface area contributed by atoms with E-state index < -0.39 is 0 Å². The number of carbonyl (C=O) groups is 1. The second-order valence-corrected chi connectivity index (χ2v) is 6.76. The highest BCUT2D eigenvalue weighted by Crippen LogP contribution is 2.24. The highest BCUT2D eigenvalue weighted by Gasteiger charge is 2.18. The lowest BCUT2D eigenvalue weighted by atomic mass is 9.95. The molecule has 3 rings (SSSR count). The molecule has 0 aliphatic rings. The van der Waals surface area contributed by atoms with Gasteiger partial charge in [-0.3, -0.25) is 4.79 Å². The molecule has 0 saturated heterocycles. The van der Waals surface area contributed by atoms with Crippen molar-refractivity contribution < 1.29 is 9.53 Å². The average Bonchev–Trinajstić information content (AvgIpc) is 3.07. The molecule has 1 heterocycles. The van der Waals surface area contributed by atoms with Crippen LogP contribution in [0.5, 0.6) is 5.75 Å². The standard InChI is InChI=1S/C21H25N3O2/c1-14(2)21(15-8-10-16(26-3)11-9-15)24-20(25)13-12-19-22-17-6-4-5-7-18(17)23-19/h4-11,14,21H,12-13H2,1-3H3,(H,22,23)(H,24,25)/t21-/m1/s1. The summed E-state index contributed by atoms with van der Waals surface area (Å²) in [6.45, 7) is 4.21. The van der Waals surface area contributed by atoms with Crippen LogP contribution in [0.1, 0.15) is 37.7 Å². The third-order valence-electron chi connectivity index (χ3n) is 4.49. The van der Waals surface area contributed by atoms with Crippen LogP contribution in [0.3, 0.4) is 0 Å². The Morgan fingerprint density at radius 2 is 1.88 bits per heavy atom. The van der Waals surface area contributed by atoms with Gasteiger partial charge in [-0.15, -0.1) is 0 Å². The molecule has 0 unspecified atom stereocenters. The first-order chi connectivity index (χ1) is 12.6. The molecule has 0 radical (unpaired) electrons. The van der Waals surface area contributed by atoms with Gasteiger partial charge in [0.15, 0.2) is 0 Å². The summed E-state index contributed by atoms with van der Waals surface area (Å²) in [6, 6.07) is 15.7. The van der Waals surface area contributed by atoms with Crippen LogP contribution in [-0.4, -0.2) is 23.0 Å². The number of amides is 1. The van der Waals surface area contributed by atoms with Crippen molar-refractivity contribution in [3.63, 3.8) is 0 Å². The number of para-hydroxylation sites is 2. The van der Waals surface area contributed by atoms with Gasteiger partial charge < -0.3 is 15.0 Å². The van der Waals surface area contributed by atoms with Crippen molar-refractivity contribution in [2.45, 2.75) is 32.7 Å². The van der Waals surface area contributed by atoms with Crippen molar-refractivity contribution >= 4 is 16.9 Å². The SMILES string of the molecule is COc1ccc([C@H](NC(=O)CCc2nc3ccccc3[nH]2)C(C)C)cc1. The van der Waals surface area contributed by atoms with Crippen molar-refractivity contribution in [1.82, 2.24) is 15.3 Å². The van der Waals surface area contributed by atoms with Gasteiger partial charge in [0.2, 0.25) is 5.91 Å². The molecule has 136 valence electrons. The second kappa shape index (κ2) is 8.04. The Kier molecular flexibility index (Phi) is 5.56. The van der Waals surface area contributed by atoms with E-state index in [1.807, 2.05) is 48.5 Å². The van der Waals surface area contributed by atoms with Crippen molar-refractivity contribution in [3.05, 3.63) is 59.9 Å². The van der Waals surface area contributed by atoms with E-state index in [1.165, 1.54) is 0 Å². The van der Waals surface area contributed by atoms with Gasteiger partial charge in [-0.05, 0) is 35.7 Å². The number of nitrogens with zero attached hydrogens (tertiary/aromatic N) is 1. The number of aromatic nitrogens is 2. The molecule has 0 bridgehead atoms. The van der Waals surface area contributed by atoms with Crippen LogP contribution >= 0.6 is 0 Å². The number of methoxy groups -OCH3 is 1. The van der Waals surface area contributed by atoms with Gasteiger partial charge >= 0.3 is 0 Å². The van der Waals surface area contributed by atoms with Crippen LogP contribution in [0.4, 0.5) is 0 Å². The molecule has 0 saturated carbocycles. The summed E-state index contributed by atoms with van der Waals surface area (Å²) in [5.41, 5.74) is 3.01. The summed E-state index contributed by atoms with van der Waals surface area (Å²) in [4.78, 5) is 20.3. The summed E-state index contributed by atoms with van der Waals surface area (Å²) in [7, 11) is 1.65. The Balaban J connectivity index is 1.62. The van der Waals surface area contributed by atoms with Crippen LogP contribution in [-0.2, 0) is 11.2 Å². The van der Waals surface area contributed by atoms with E-state index in [-0.39, 0.29) is 11.9 Å². The van der Waals surface area contributed by atoms with Gasteiger partial charge in [0.05, 0.1) is 24.2 Å². The Bertz CT molecular complexity index is 835. The predicted molar refractivity (Wildman–Crippen MR) is 103 cm³/mol. The van der Waals surface area contributed by atoms with Crippen molar-refractivity contribution in [2.75, 3.05) is 7.11 Å². The first-order valence-electron chi connectivity index (χ1n) is 8.93. The van der Waals surface area contributed by atoms with E-state index in [0.29, 0.717) is 18.8 Å². The highest BCUT2D eigenvalue weighted by molar-refractivity contribution is 5.77. The van der Waals surface area contributed by atoms with E-state index >= 15 is 0 Å². The molecule has 5 nitrogen and oxygen atoms in total. The maximum atomic E-state index is 12.5. The monoisotopic (exact) mass is 351 g/mol. The van der Waals surface area contributed by atoms with Crippen LogP contribution in [0.2, 0.25) is 0 Å². The summed E-state index contributed by atoms with van der Waals surface area (Å²) >= 11 is 0. The minimum atomic E-state index is -0.0240. The Hall–Kier alpha value is -2.82. The predicted octanol–water partition coefficient (Wildman–Crippen LogP) is 4.02. The fraction of sp³-hybridized carbons (Fsp3) is 0.333. The molecule has 0 fully saturated rings. The third-order valence-corrected chi connectivity index (χ3v) is 4.49. The number of fused-ring (bicyclic) bond motifs is 1. The maximum absolute atomic E-state index is 12.5. The lowest BCUT2D eigenvalue weighted by Crippen LogP contribution is -2.31. The van der Waals surface area contributed by atoms with E-state index in [1.54, 1.807) is 7.11 Å². The van der Waals surface area contributed by atoms with E-state index in [0.717, 1.165) is 28.2 Å². The van der Waals surface area contributed by atoms with E-state index in [4.69, 9.17) is 4.74 Å². The molecule has 5 heteroatoms. The van der Waals surface area contributed by atoms with Crippen LogP contribution < -0.4 is 10.1 Å². The Morgan fingerprint density at radius 1 is 1.15 bits per heavy atom. The molecule has 0 spiro atoms. The maximum Gasteiger partial charge on any atom is 0.220 e.